The zero-order valence-electron chi connectivity index (χ0n) is 14.6. The molecule has 126 valence electrons. The van der Waals surface area contributed by atoms with E-state index in [2.05, 4.69) is 30.0 Å². The van der Waals surface area contributed by atoms with E-state index in [9.17, 15) is 4.79 Å². The van der Waals surface area contributed by atoms with Crippen LogP contribution in [0.2, 0.25) is 0 Å². The number of Topliss-reactive ketones (excluding diaryl/α,β-unsaturated/α-hetero) is 1. The average molecular weight is 321 g/mol. The van der Waals surface area contributed by atoms with E-state index in [1.807, 2.05) is 0 Å². The Balaban J connectivity index is 1.49. The molecule has 4 aliphatic carbocycles. The van der Waals surface area contributed by atoms with Gasteiger partial charge < -0.3 is 0 Å². The summed E-state index contributed by atoms with van der Waals surface area (Å²) in [6.45, 7) is 4.75. The van der Waals surface area contributed by atoms with Gasteiger partial charge in [-0.15, -0.1) is 0 Å². The van der Waals surface area contributed by atoms with E-state index in [1.165, 1.54) is 50.8 Å². The highest BCUT2D eigenvalue weighted by atomic mass is 16.1. The second-order valence-corrected chi connectivity index (χ2v) is 9.45. The molecule has 0 aromatic heterocycles. The Labute approximate surface area is 144 Å². The second-order valence-electron chi connectivity index (χ2n) is 9.45. The molecule has 6 rings (SSSR count). The third kappa shape index (κ3) is 1.78. The lowest BCUT2D eigenvalue weighted by Crippen LogP contribution is -2.63. The number of nitrogens with zero attached hydrogens (tertiary/aromatic N) is 1. The van der Waals surface area contributed by atoms with Crippen molar-refractivity contribution in [3.05, 3.63) is 34.9 Å². The maximum atomic E-state index is 12.7. The lowest BCUT2D eigenvalue weighted by molar-refractivity contribution is -0.128. The van der Waals surface area contributed by atoms with E-state index in [-0.39, 0.29) is 5.41 Å². The van der Waals surface area contributed by atoms with Gasteiger partial charge in [-0.1, -0.05) is 23.8 Å². The van der Waals surface area contributed by atoms with Crippen molar-refractivity contribution in [1.82, 2.24) is 4.90 Å². The normalized spacial score (nSPS) is 43.0. The van der Waals surface area contributed by atoms with Gasteiger partial charge in [0.25, 0.3) is 0 Å². The summed E-state index contributed by atoms with van der Waals surface area (Å²) in [4.78, 5) is 15.6. The fourth-order valence-electron chi connectivity index (χ4n) is 6.68. The first kappa shape index (κ1) is 14.1. The van der Waals surface area contributed by atoms with Gasteiger partial charge >= 0.3 is 0 Å². The summed E-state index contributed by atoms with van der Waals surface area (Å²) >= 11 is 0. The number of benzene rings is 1. The molecule has 1 heterocycles. The minimum Gasteiger partial charge on any atom is -0.299 e. The quantitative estimate of drug-likeness (QED) is 0.831. The summed E-state index contributed by atoms with van der Waals surface area (Å²) in [7, 11) is 0. The van der Waals surface area contributed by atoms with Crippen LogP contribution < -0.4 is 0 Å². The smallest absolute Gasteiger partial charge is 0.137 e. The number of hydrogen-bond donors (Lipinski definition) is 0. The Morgan fingerprint density at radius 3 is 3.00 bits per heavy atom. The molecule has 1 aromatic rings. The summed E-state index contributed by atoms with van der Waals surface area (Å²) in [6, 6.07) is 7.80. The Bertz CT molecular complexity index is 735. The summed E-state index contributed by atoms with van der Waals surface area (Å²) in [5.74, 6) is 3.43. The van der Waals surface area contributed by atoms with Crippen molar-refractivity contribution in [2.45, 2.75) is 56.9 Å². The average Bonchev–Trinajstić information content (AvgIpc) is 3.44. The SMILES string of the molecule is Cc1ccc2c(c1)[C@]13CCN(CC4CC4)C(C2)C1C1CC1C(=O)C3. The van der Waals surface area contributed by atoms with Crippen molar-refractivity contribution in [3.8, 4) is 0 Å². The molecule has 24 heavy (non-hydrogen) atoms. The van der Waals surface area contributed by atoms with Crippen LogP contribution in [-0.2, 0) is 16.6 Å². The lowest BCUT2D eigenvalue weighted by Gasteiger charge is -2.59. The van der Waals surface area contributed by atoms with Crippen molar-refractivity contribution in [3.63, 3.8) is 0 Å². The van der Waals surface area contributed by atoms with Crippen molar-refractivity contribution in [2.75, 3.05) is 13.1 Å². The number of carbonyl (C=O) groups excluding carboxylic acids is 1. The number of ketones is 1. The molecule has 1 aromatic carbocycles. The number of carbonyl (C=O) groups is 1. The maximum Gasteiger partial charge on any atom is 0.137 e. The molecule has 1 aliphatic heterocycles. The van der Waals surface area contributed by atoms with E-state index < -0.39 is 0 Å². The molecule has 4 unspecified atom stereocenters. The molecule has 2 nitrogen and oxygen atoms in total. The largest absolute Gasteiger partial charge is 0.299 e. The Morgan fingerprint density at radius 2 is 2.17 bits per heavy atom. The first-order valence-electron chi connectivity index (χ1n) is 10.0. The molecule has 2 bridgehead atoms. The van der Waals surface area contributed by atoms with Crippen molar-refractivity contribution < 1.29 is 4.79 Å². The Hall–Kier alpha value is -1.15. The number of rotatable bonds is 2. The molecule has 0 radical (unpaired) electrons. The van der Waals surface area contributed by atoms with E-state index >= 15 is 0 Å². The lowest BCUT2D eigenvalue weighted by atomic mass is 9.52. The third-order valence-electron chi connectivity index (χ3n) is 7.99. The monoisotopic (exact) mass is 321 g/mol. The highest BCUT2D eigenvalue weighted by molar-refractivity contribution is 5.87. The van der Waals surface area contributed by atoms with Gasteiger partial charge in [0.05, 0.1) is 0 Å². The summed E-state index contributed by atoms with van der Waals surface area (Å²) in [5, 5.41) is 0. The molecule has 0 amide bonds. The van der Waals surface area contributed by atoms with E-state index in [4.69, 9.17) is 0 Å². The van der Waals surface area contributed by atoms with Gasteiger partial charge in [-0.05, 0) is 74.5 Å². The van der Waals surface area contributed by atoms with Gasteiger partial charge in [-0.25, -0.2) is 0 Å². The number of hydrogen-bond acceptors (Lipinski definition) is 2. The van der Waals surface area contributed by atoms with Crippen LogP contribution in [0.15, 0.2) is 18.2 Å². The van der Waals surface area contributed by atoms with Gasteiger partial charge in [-0.3, -0.25) is 9.69 Å². The number of aryl methyl sites for hydroxylation is 1. The van der Waals surface area contributed by atoms with E-state index in [0.29, 0.717) is 23.7 Å². The molecule has 0 N–H and O–H groups in total. The van der Waals surface area contributed by atoms with E-state index in [1.54, 1.807) is 11.1 Å². The van der Waals surface area contributed by atoms with Crippen LogP contribution in [0.5, 0.6) is 0 Å². The molecule has 5 aliphatic rings. The van der Waals surface area contributed by atoms with Gasteiger partial charge in [0.2, 0.25) is 0 Å². The summed E-state index contributed by atoms with van der Waals surface area (Å²) < 4.78 is 0. The van der Waals surface area contributed by atoms with Crippen LogP contribution in [-0.4, -0.2) is 29.8 Å². The standard InChI is InChI=1S/C22H27NO/c1-13-2-5-15-9-19-21-17-10-16(17)20(24)11-22(21,18(15)8-13)6-7-23(19)12-14-3-4-14/h2,5,8,14,16-17,19,21H,3-4,6-7,9-12H2,1H3/t16?,17?,19?,21?,22-/m1/s1. The molecule has 3 saturated carbocycles. The van der Waals surface area contributed by atoms with Crippen LogP contribution in [0.1, 0.15) is 48.8 Å². The zero-order valence-corrected chi connectivity index (χ0v) is 14.6. The van der Waals surface area contributed by atoms with Gasteiger partial charge in [0, 0.05) is 30.3 Å². The molecular weight excluding hydrogens is 294 g/mol. The highest BCUT2D eigenvalue weighted by Crippen LogP contribution is 2.65. The van der Waals surface area contributed by atoms with E-state index in [0.717, 1.165) is 18.3 Å². The minimum atomic E-state index is 0.180. The number of fused-ring (bicyclic) bond motifs is 2. The first-order valence-corrected chi connectivity index (χ1v) is 10.0. The number of likely N-dealkylation sites (tertiary alicyclic amines) is 1. The number of piperidine rings is 1. The molecular formula is C22H27NO. The highest BCUT2D eigenvalue weighted by Gasteiger charge is 2.66. The molecule has 4 fully saturated rings. The van der Waals surface area contributed by atoms with Crippen LogP contribution >= 0.6 is 0 Å². The Morgan fingerprint density at radius 1 is 1.29 bits per heavy atom. The molecule has 1 saturated heterocycles. The molecule has 2 heteroatoms. The van der Waals surface area contributed by atoms with Crippen molar-refractivity contribution in [1.29, 1.82) is 0 Å². The second kappa shape index (κ2) is 4.52. The van der Waals surface area contributed by atoms with Gasteiger partial charge in [0.1, 0.15) is 5.78 Å². The van der Waals surface area contributed by atoms with Crippen molar-refractivity contribution >= 4 is 5.78 Å². The summed E-state index contributed by atoms with van der Waals surface area (Å²) in [5.41, 5.74) is 4.66. The Kier molecular flexibility index (Phi) is 2.65. The summed E-state index contributed by atoms with van der Waals surface area (Å²) in [6.07, 6.45) is 7.36. The fraction of sp³-hybridized carbons (Fsp3) is 0.682. The van der Waals surface area contributed by atoms with Crippen LogP contribution in [0.25, 0.3) is 0 Å². The van der Waals surface area contributed by atoms with Crippen molar-refractivity contribution in [2.24, 2.45) is 23.7 Å². The third-order valence-corrected chi connectivity index (χ3v) is 7.99. The zero-order chi connectivity index (χ0) is 16.1. The minimum absolute atomic E-state index is 0.180. The van der Waals surface area contributed by atoms with Crippen LogP contribution in [0.4, 0.5) is 0 Å². The topological polar surface area (TPSA) is 20.3 Å². The molecule has 5 atom stereocenters. The van der Waals surface area contributed by atoms with Crippen LogP contribution in [0.3, 0.4) is 0 Å². The van der Waals surface area contributed by atoms with Crippen LogP contribution in [0, 0.1) is 30.6 Å². The first-order chi connectivity index (χ1) is 11.7. The fourth-order valence-corrected chi connectivity index (χ4v) is 6.68. The maximum absolute atomic E-state index is 12.7. The van der Waals surface area contributed by atoms with Gasteiger partial charge in [-0.2, -0.15) is 0 Å². The van der Waals surface area contributed by atoms with Gasteiger partial charge in [0.15, 0.2) is 0 Å². The predicted octanol–water partition coefficient (Wildman–Crippen LogP) is 3.50. The predicted molar refractivity (Wildman–Crippen MR) is 94.0 cm³/mol. The molecule has 0 spiro atoms.